The van der Waals surface area contributed by atoms with Crippen molar-refractivity contribution in [2.75, 3.05) is 13.2 Å². The molecule has 3 atom stereocenters. The minimum Gasteiger partial charge on any atom is -0.365 e. The number of carbonyl (C=O) groups excluding carboxylic acids is 2. The van der Waals surface area contributed by atoms with Gasteiger partial charge < -0.3 is 15.0 Å². The number of piperidine rings is 1. The minimum absolute atomic E-state index is 0.00569. The van der Waals surface area contributed by atoms with Gasteiger partial charge in [-0.1, -0.05) is 36.3 Å². The van der Waals surface area contributed by atoms with Crippen LogP contribution in [0.15, 0.2) is 30.3 Å². The zero-order valence-corrected chi connectivity index (χ0v) is 12.9. The normalized spacial score (nSPS) is 27.1. The summed E-state index contributed by atoms with van der Waals surface area (Å²) < 4.78 is 5.53. The van der Waals surface area contributed by atoms with Gasteiger partial charge in [-0.15, -0.1) is 6.42 Å². The number of nitrogens with zero attached hydrogens (tertiary/aromatic N) is 1. The van der Waals surface area contributed by atoms with E-state index in [1.807, 2.05) is 30.3 Å². The molecule has 2 amide bonds. The van der Waals surface area contributed by atoms with Crippen LogP contribution in [0.1, 0.15) is 18.4 Å². The van der Waals surface area contributed by atoms with Crippen molar-refractivity contribution in [1.29, 1.82) is 0 Å². The largest absolute Gasteiger partial charge is 0.365 e. The van der Waals surface area contributed by atoms with Crippen LogP contribution in [0.4, 0.5) is 0 Å². The lowest BCUT2D eigenvalue weighted by Gasteiger charge is -2.43. The number of ether oxygens (including phenoxy) is 1. The monoisotopic (exact) mass is 312 g/mol. The first-order chi connectivity index (χ1) is 11.2. The second kappa shape index (κ2) is 6.84. The molecule has 0 aliphatic carbocycles. The lowest BCUT2D eigenvalue weighted by Crippen LogP contribution is -2.66. The molecule has 3 unspecified atom stereocenters. The molecule has 2 saturated heterocycles. The lowest BCUT2D eigenvalue weighted by atomic mass is 9.93. The Balaban J connectivity index is 1.67. The molecule has 1 aromatic rings. The van der Waals surface area contributed by atoms with Gasteiger partial charge in [0.2, 0.25) is 11.8 Å². The highest BCUT2D eigenvalue weighted by molar-refractivity contribution is 5.97. The standard InChI is InChI=1S/C18H20N2O3/c1-2-10-23-14-8-9-20-16(12-14)17(21)19-15(18(20)22)11-13-6-4-3-5-7-13/h1,3-7,14-16H,8-12H2,(H,19,21). The molecule has 5 heteroatoms. The van der Waals surface area contributed by atoms with Gasteiger partial charge >= 0.3 is 0 Å². The third-order valence-corrected chi connectivity index (χ3v) is 4.44. The molecule has 0 radical (unpaired) electrons. The van der Waals surface area contributed by atoms with Crippen molar-refractivity contribution in [3.63, 3.8) is 0 Å². The van der Waals surface area contributed by atoms with Gasteiger partial charge in [0.05, 0.1) is 6.10 Å². The Kier molecular flexibility index (Phi) is 4.63. The second-order valence-corrected chi connectivity index (χ2v) is 5.96. The summed E-state index contributed by atoms with van der Waals surface area (Å²) >= 11 is 0. The number of piperazine rings is 1. The number of nitrogens with one attached hydrogen (secondary N) is 1. The van der Waals surface area contributed by atoms with E-state index in [0.29, 0.717) is 19.4 Å². The molecule has 1 N–H and O–H groups in total. The highest BCUT2D eigenvalue weighted by Crippen LogP contribution is 2.24. The quantitative estimate of drug-likeness (QED) is 0.834. The van der Waals surface area contributed by atoms with Crippen LogP contribution >= 0.6 is 0 Å². The van der Waals surface area contributed by atoms with Crippen LogP contribution in [-0.2, 0) is 20.7 Å². The summed E-state index contributed by atoms with van der Waals surface area (Å²) in [5.41, 5.74) is 1.04. The van der Waals surface area contributed by atoms with Crippen molar-refractivity contribution >= 4 is 11.8 Å². The van der Waals surface area contributed by atoms with E-state index in [1.165, 1.54) is 0 Å². The molecule has 2 heterocycles. The topological polar surface area (TPSA) is 58.6 Å². The first-order valence-corrected chi connectivity index (χ1v) is 7.89. The number of terminal acetylenes is 1. The smallest absolute Gasteiger partial charge is 0.246 e. The molecular weight excluding hydrogens is 292 g/mol. The van der Waals surface area contributed by atoms with Crippen molar-refractivity contribution in [3.8, 4) is 12.3 Å². The van der Waals surface area contributed by atoms with Crippen LogP contribution in [0, 0.1) is 12.3 Å². The molecule has 2 aliphatic rings. The molecule has 5 nitrogen and oxygen atoms in total. The van der Waals surface area contributed by atoms with Crippen LogP contribution in [0.2, 0.25) is 0 Å². The predicted molar refractivity (Wildman–Crippen MR) is 85.4 cm³/mol. The average molecular weight is 312 g/mol. The summed E-state index contributed by atoms with van der Waals surface area (Å²) in [6.07, 6.45) is 6.89. The summed E-state index contributed by atoms with van der Waals surface area (Å²) in [4.78, 5) is 26.8. The summed E-state index contributed by atoms with van der Waals surface area (Å²) in [6, 6.07) is 8.80. The average Bonchev–Trinajstić information content (AvgIpc) is 2.58. The van der Waals surface area contributed by atoms with Crippen LogP contribution in [0.3, 0.4) is 0 Å². The maximum Gasteiger partial charge on any atom is 0.246 e. The van der Waals surface area contributed by atoms with E-state index >= 15 is 0 Å². The van der Waals surface area contributed by atoms with E-state index in [1.54, 1.807) is 4.90 Å². The molecule has 0 saturated carbocycles. The number of rotatable bonds is 4. The predicted octanol–water partition coefficient (Wildman–Crippen LogP) is 0.737. The molecule has 0 spiro atoms. The molecule has 0 bridgehead atoms. The molecule has 120 valence electrons. The number of carbonyl (C=O) groups is 2. The van der Waals surface area contributed by atoms with E-state index < -0.39 is 12.1 Å². The number of benzene rings is 1. The van der Waals surface area contributed by atoms with Crippen molar-refractivity contribution in [2.24, 2.45) is 0 Å². The third kappa shape index (κ3) is 3.38. The van der Waals surface area contributed by atoms with Crippen LogP contribution in [0.5, 0.6) is 0 Å². The first-order valence-electron chi connectivity index (χ1n) is 7.89. The van der Waals surface area contributed by atoms with Gasteiger partial charge in [0.1, 0.15) is 18.7 Å². The fraction of sp³-hybridized carbons (Fsp3) is 0.444. The van der Waals surface area contributed by atoms with Crippen LogP contribution < -0.4 is 5.32 Å². The van der Waals surface area contributed by atoms with Gasteiger partial charge in [0, 0.05) is 19.4 Å². The highest BCUT2D eigenvalue weighted by Gasteiger charge is 2.43. The molecule has 23 heavy (non-hydrogen) atoms. The van der Waals surface area contributed by atoms with Crippen molar-refractivity contribution in [2.45, 2.75) is 37.5 Å². The molecule has 2 aliphatic heterocycles. The van der Waals surface area contributed by atoms with Crippen LogP contribution in [-0.4, -0.2) is 48.1 Å². The Morgan fingerprint density at radius 3 is 2.83 bits per heavy atom. The molecule has 2 fully saturated rings. The van der Waals surface area contributed by atoms with E-state index in [2.05, 4.69) is 11.2 Å². The zero-order chi connectivity index (χ0) is 16.2. The molecular formula is C18H20N2O3. The van der Waals surface area contributed by atoms with Gasteiger partial charge in [-0.05, 0) is 12.0 Å². The zero-order valence-electron chi connectivity index (χ0n) is 12.9. The van der Waals surface area contributed by atoms with Gasteiger partial charge in [-0.2, -0.15) is 0 Å². The number of amides is 2. The fourth-order valence-electron chi connectivity index (χ4n) is 3.28. The molecule has 1 aromatic carbocycles. The fourth-order valence-corrected chi connectivity index (χ4v) is 3.28. The van der Waals surface area contributed by atoms with E-state index in [9.17, 15) is 9.59 Å². The Morgan fingerprint density at radius 2 is 2.09 bits per heavy atom. The highest BCUT2D eigenvalue weighted by atomic mass is 16.5. The third-order valence-electron chi connectivity index (χ3n) is 4.44. The Bertz CT molecular complexity index is 623. The van der Waals surface area contributed by atoms with Gasteiger partial charge in [0.15, 0.2) is 0 Å². The number of hydrogen-bond donors (Lipinski definition) is 1. The minimum atomic E-state index is -0.482. The SMILES string of the molecule is C#CCOC1CCN2C(=O)C(Cc3ccccc3)NC(=O)C2C1. The van der Waals surface area contributed by atoms with Gasteiger partial charge in [-0.3, -0.25) is 9.59 Å². The van der Waals surface area contributed by atoms with E-state index in [4.69, 9.17) is 11.2 Å². The lowest BCUT2D eigenvalue weighted by molar-refractivity contribution is -0.154. The van der Waals surface area contributed by atoms with Crippen molar-refractivity contribution in [1.82, 2.24) is 10.2 Å². The molecule has 3 rings (SSSR count). The maximum atomic E-state index is 12.7. The summed E-state index contributed by atoms with van der Waals surface area (Å²) in [6.45, 7) is 0.779. The second-order valence-electron chi connectivity index (χ2n) is 5.96. The molecule has 0 aromatic heterocycles. The Hall–Kier alpha value is -2.32. The number of fused-ring (bicyclic) bond motifs is 1. The summed E-state index contributed by atoms with van der Waals surface area (Å²) in [5, 5.41) is 2.86. The van der Waals surface area contributed by atoms with Crippen molar-refractivity contribution < 1.29 is 14.3 Å². The van der Waals surface area contributed by atoms with Gasteiger partial charge in [0.25, 0.3) is 0 Å². The van der Waals surface area contributed by atoms with Crippen LogP contribution in [0.25, 0.3) is 0 Å². The maximum absolute atomic E-state index is 12.7. The Labute approximate surface area is 136 Å². The van der Waals surface area contributed by atoms with E-state index in [-0.39, 0.29) is 24.5 Å². The number of hydrogen-bond acceptors (Lipinski definition) is 3. The first kappa shape index (κ1) is 15.6. The summed E-state index contributed by atoms with van der Waals surface area (Å²) in [5.74, 6) is 2.33. The summed E-state index contributed by atoms with van der Waals surface area (Å²) in [7, 11) is 0. The van der Waals surface area contributed by atoms with E-state index in [0.717, 1.165) is 12.0 Å². The van der Waals surface area contributed by atoms with Crippen molar-refractivity contribution in [3.05, 3.63) is 35.9 Å². The Morgan fingerprint density at radius 1 is 1.30 bits per heavy atom. The van der Waals surface area contributed by atoms with Gasteiger partial charge in [-0.25, -0.2) is 0 Å².